The van der Waals surface area contributed by atoms with Crippen LogP contribution in [0.15, 0.2) is 18.5 Å². The second-order valence-corrected chi connectivity index (χ2v) is 3.41. The van der Waals surface area contributed by atoms with E-state index in [0.29, 0.717) is 26.1 Å². The number of nitrogens with zero attached hydrogens (tertiary/aromatic N) is 2. The quantitative estimate of drug-likeness (QED) is 0.480. The van der Waals surface area contributed by atoms with Crippen molar-refractivity contribution in [2.75, 3.05) is 20.2 Å². The van der Waals surface area contributed by atoms with E-state index in [0.717, 1.165) is 0 Å². The van der Waals surface area contributed by atoms with Crippen molar-refractivity contribution in [2.45, 2.75) is 19.1 Å². The van der Waals surface area contributed by atoms with Gasteiger partial charge in [-0.15, -0.1) is 0 Å². The Kier molecular flexibility index (Phi) is 5.52. The van der Waals surface area contributed by atoms with Crippen molar-refractivity contribution < 1.29 is 14.6 Å². The molecule has 0 aliphatic rings. The van der Waals surface area contributed by atoms with Gasteiger partial charge in [0.15, 0.2) is 0 Å². The molecule has 6 heteroatoms. The van der Waals surface area contributed by atoms with Gasteiger partial charge in [0.1, 0.15) is 0 Å². The van der Waals surface area contributed by atoms with E-state index in [-0.39, 0.29) is 5.97 Å². The number of methoxy groups -OCH3 is 1. The average molecular weight is 227 g/mol. The van der Waals surface area contributed by atoms with Crippen molar-refractivity contribution in [3.05, 3.63) is 18.5 Å². The summed E-state index contributed by atoms with van der Waals surface area (Å²) in [5, 5.41) is 16.6. The number of hydrogen-bond donors (Lipinski definition) is 2. The van der Waals surface area contributed by atoms with Crippen molar-refractivity contribution in [3.63, 3.8) is 0 Å². The normalized spacial score (nSPS) is 12.4. The van der Waals surface area contributed by atoms with Gasteiger partial charge >= 0.3 is 5.97 Å². The van der Waals surface area contributed by atoms with Crippen LogP contribution in [0.25, 0.3) is 0 Å². The first-order chi connectivity index (χ1) is 7.72. The highest BCUT2D eigenvalue weighted by molar-refractivity contribution is 5.69. The number of carbonyl (C=O) groups is 1. The zero-order chi connectivity index (χ0) is 11.8. The summed E-state index contributed by atoms with van der Waals surface area (Å²) in [5.41, 5.74) is 0. The lowest BCUT2D eigenvalue weighted by molar-refractivity contribution is -0.140. The number of aliphatic hydroxyl groups excluding tert-OH is 1. The van der Waals surface area contributed by atoms with Gasteiger partial charge in [-0.1, -0.05) is 0 Å². The van der Waals surface area contributed by atoms with Gasteiger partial charge in [0.2, 0.25) is 0 Å². The molecule has 0 aliphatic carbocycles. The molecule has 0 bridgehead atoms. The molecule has 2 N–H and O–H groups in total. The van der Waals surface area contributed by atoms with Crippen molar-refractivity contribution in [2.24, 2.45) is 0 Å². The molecule has 0 radical (unpaired) electrons. The van der Waals surface area contributed by atoms with Crippen molar-refractivity contribution in [1.29, 1.82) is 0 Å². The van der Waals surface area contributed by atoms with Crippen LogP contribution in [0.1, 0.15) is 6.42 Å². The van der Waals surface area contributed by atoms with Crippen LogP contribution in [-0.2, 0) is 16.1 Å². The Labute approximate surface area is 94.2 Å². The number of nitrogens with one attached hydrogen (secondary N) is 1. The summed E-state index contributed by atoms with van der Waals surface area (Å²) in [6.45, 7) is 1.37. The fraction of sp³-hybridized carbons (Fsp3) is 0.600. The van der Waals surface area contributed by atoms with Crippen LogP contribution in [-0.4, -0.2) is 47.2 Å². The van der Waals surface area contributed by atoms with Gasteiger partial charge in [-0.05, 0) is 6.07 Å². The standard InChI is InChI=1S/C10H17N3O3/c1-16-10(15)3-5-11-7-9(14)8-13-6-2-4-12-13/h2,4,6,9,11,14H,3,5,7-8H2,1H3. The van der Waals surface area contributed by atoms with Crippen LogP contribution in [0.4, 0.5) is 0 Å². The zero-order valence-electron chi connectivity index (χ0n) is 9.30. The maximum Gasteiger partial charge on any atom is 0.306 e. The van der Waals surface area contributed by atoms with E-state index in [9.17, 15) is 9.90 Å². The smallest absolute Gasteiger partial charge is 0.306 e. The number of rotatable bonds is 7. The first-order valence-corrected chi connectivity index (χ1v) is 5.15. The van der Waals surface area contributed by atoms with E-state index in [1.165, 1.54) is 7.11 Å². The molecule has 1 heterocycles. The summed E-state index contributed by atoms with van der Waals surface area (Å²) >= 11 is 0. The molecule has 1 unspecified atom stereocenters. The summed E-state index contributed by atoms with van der Waals surface area (Å²) in [6, 6.07) is 1.80. The molecule has 0 saturated carbocycles. The topological polar surface area (TPSA) is 76.4 Å². The first-order valence-electron chi connectivity index (χ1n) is 5.15. The molecule has 6 nitrogen and oxygen atoms in total. The Bertz CT molecular complexity index is 300. The van der Waals surface area contributed by atoms with Crippen molar-refractivity contribution in [1.82, 2.24) is 15.1 Å². The van der Waals surface area contributed by atoms with Crippen LogP contribution in [0.2, 0.25) is 0 Å². The Morgan fingerprint density at radius 1 is 1.69 bits per heavy atom. The summed E-state index contributed by atoms with van der Waals surface area (Å²) in [7, 11) is 1.36. The highest BCUT2D eigenvalue weighted by Gasteiger charge is 2.05. The highest BCUT2D eigenvalue weighted by Crippen LogP contribution is 1.90. The van der Waals surface area contributed by atoms with E-state index in [4.69, 9.17) is 0 Å². The van der Waals surface area contributed by atoms with E-state index < -0.39 is 6.10 Å². The molecule has 0 aromatic carbocycles. The molecule has 16 heavy (non-hydrogen) atoms. The highest BCUT2D eigenvalue weighted by atomic mass is 16.5. The van der Waals surface area contributed by atoms with Gasteiger partial charge in [-0.3, -0.25) is 9.48 Å². The van der Waals surface area contributed by atoms with E-state index in [1.807, 2.05) is 0 Å². The predicted molar refractivity (Wildman–Crippen MR) is 57.7 cm³/mol. The van der Waals surface area contributed by atoms with Gasteiger partial charge in [-0.25, -0.2) is 0 Å². The number of hydrogen-bond acceptors (Lipinski definition) is 5. The molecule has 0 aliphatic heterocycles. The second-order valence-electron chi connectivity index (χ2n) is 3.41. The Balaban J connectivity index is 2.06. The second kappa shape index (κ2) is 6.97. The molecule has 90 valence electrons. The largest absolute Gasteiger partial charge is 0.469 e. The Hall–Kier alpha value is -1.40. The maximum absolute atomic E-state index is 10.8. The summed E-state index contributed by atoms with van der Waals surface area (Å²) in [4.78, 5) is 10.8. The predicted octanol–water partition coefficient (Wildman–Crippen LogP) is -0.603. The SMILES string of the molecule is COC(=O)CCNCC(O)Cn1cccn1. The van der Waals surface area contributed by atoms with Gasteiger partial charge in [-0.2, -0.15) is 5.10 Å². The van der Waals surface area contributed by atoms with Crippen LogP contribution in [0.3, 0.4) is 0 Å². The lowest BCUT2D eigenvalue weighted by Crippen LogP contribution is -2.31. The number of aromatic nitrogens is 2. The van der Waals surface area contributed by atoms with Crippen molar-refractivity contribution in [3.8, 4) is 0 Å². The molecular weight excluding hydrogens is 210 g/mol. The van der Waals surface area contributed by atoms with Crippen LogP contribution in [0.5, 0.6) is 0 Å². The lowest BCUT2D eigenvalue weighted by atomic mass is 10.3. The minimum atomic E-state index is -0.516. The van der Waals surface area contributed by atoms with Crippen LogP contribution >= 0.6 is 0 Å². The maximum atomic E-state index is 10.8. The molecule has 1 aromatic heterocycles. The molecule has 1 aromatic rings. The van der Waals surface area contributed by atoms with Crippen LogP contribution < -0.4 is 5.32 Å². The molecule has 1 atom stereocenters. The molecule has 1 rings (SSSR count). The summed E-state index contributed by atoms with van der Waals surface area (Å²) in [5.74, 6) is -0.255. The third-order valence-electron chi connectivity index (χ3n) is 2.07. The van der Waals surface area contributed by atoms with E-state index in [1.54, 1.807) is 23.1 Å². The van der Waals surface area contributed by atoms with Gasteiger partial charge in [0.05, 0.1) is 26.2 Å². The summed E-state index contributed by atoms with van der Waals surface area (Å²) < 4.78 is 6.15. The number of esters is 1. The number of carbonyl (C=O) groups excluding carboxylic acids is 1. The van der Waals surface area contributed by atoms with Crippen LogP contribution in [0, 0.1) is 0 Å². The zero-order valence-corrected chi connectivity index (χ0v) is 9.30. The molecule has 0 spiro atoms. The third-order valence-corrected chi connectivity index (χ3v) is 2.07. The lowest BCUT2D eigenvalue weighted by Gasteiger charge is -2.11. The fourth-order valence-electron chi connectivity index (χ4n) is 1.25. The number of ether oxygens (including phenoxy) is 1. The van der Waals surface area contributed by atoms with Crippen molar-refractivity contribution >= 4 is 5.97 Å². The minimum absolute atomic E-state index is 0.255. The Morgan fingerprint density at radius 3 is 3.12 bits per heavy atom. The Morgan fingerprint density at radius 2 is 2.50 bits per heavy atom. The van der Waals surface area contributed by atoms with E-state index in [2.05, 4.69) is 15.2 Å². The van der Waals surface area contributed by atoms with Gasteiger partial charge < -0.3 is 15.2 Å². The average Bonchev–Trinajstić information content (AvgIpc) is 2.76. The monoisotopic (exact) mass is 227 g/mol. The third kappa shape index (κ3) is 4.90. The van der Waals surface area contributed by atoms with Gasteiger partial charge in [0.25, 0.3) is 0 Å². The molecule has 0 saturated heterocycles. The minimum Gasteiger partial charge on any atom is -0.469 e. The molecular formula is C10H17N3O3. The molecule has 0 fully saturated rings. The fourth-order valence-corrected chi connectivity index (χ4v) is 1.25. The number of aliphatic hydroxyl groups is 1. The van der Waals surface area contributed by atoms with E-state index >= 15 is 0 Å². The van der Waals surface area contributed by atoms with Gasteiger partial charge in [0, 0.05) is 25.5 Å². The summed E-state index contributed by atoms with van der Waals surface area (Å²) in [6.07, 6.45) is 3.25. The first kappa shape index (κ1) is 12.7. The molecule has 0 amide bonds.